The number of hydrogen-bond acceptors (Lipinski definition) is 4. The summed E-state index contributed by atoms with van der Waals surface area (Å²) < 4.78 is 5.36. The molecule has 0 unspecified atom stereocenters. The van der Waals surface area contributed by atoms with Crippen molar-refractivity contribution in [3.8, 4) is 5.75 Å². The zero-order valence-electron chi connectivity index (χ0n) is 16.4. The molecular formula is C23H31N3O. The molecule has 2 aliphatic rings. The van der Waals surface area contributed by atoms with E-state index < -0.39 is 0 Å². The highest BCUT2D eigenvalue weighted by molar-refractivity contribution is 5.28. The van der Waals surface area contributed by atoms with Gasteiger partial charge in [-0.3, -0.25) is 14.8 Å². The van der Waals surface area contributed by atoms with Crippen LogP contribution >= 0.6 is 0 Å². The van der Waals surface area contributed by atoms with Gasteiger partial charge in [0.15, 0.2) is 0 Å². The van der Waals surface area contributed by atoms with Gasteiger partial charge in [0.1, 0.15) is 5.75 Å². The lowest BCUT2D eigenvalue weighted by atomic mass is 9.71. The van der Waals surface area contributed by atoms with Crippen LogP contribution in [0.4, 0.5) is 0 Å². The van der Waals surface area contributed by atoms with Crippen LogP contribution in [0.3, 0.4) is 0 Å². The van der Waals surface area contributed by atoms with Crippen LogP contribution in [-0.4, -0.2) is 48.1 Å². The number of nitrogens with zero attached hydrogens (tertiary/aromatic N) is 3. The summed E-state index contributed by atoms with van der Waals surface area (Å²) >= 11 is 0. The number of benzene rings is 1. The average Bonchev–Trinajstić information content (AvgIpc) is 2.73. The monoisotopic (exact) mass is 365 g/mol. The van der Waals surface area contributed by atoms with E-state index in [0.29, 0.717) is 5.41 Å². The van der Waals surface area contributed by atoms with Crippen molar-refractivity contribution in [3.63, 3.8) is 0 Å². The van der Waals surface area contributed by atoms with Gasteiger partial charge < -0.3 is 4.74 Å². The summed E-state index contributed by atoms with van der Waals surface area (Å²) in [7, 11) is 1.74. The number of methoxy groups -OCH3 is 1. The molecule has 1 spiro atoms. The van der Waals surface area contributed by atoms with Gasteiger partial charge >= 0.3 is 0 Å². The fourth-order valence-corrected chi connectivity index (χ4v) is 4.65. The van der Waals surface area contributed by atoms with Crippen molar-refractivity contribution in [2.24, 2.45) is 5.41 Å². The summed E-state index contributed by atoms with van der Waals surface area (Å²) in [6.45, 7) is 7.03. The highest BCUT2D eigenvalue weighted by Crippen LogP contribution is 2.41. The molecule has 2 saturated heterocycles. The molecule has 0 radical (unpaired) electrons. The maximum atomic E-state index is 5.36. The van der Waals surface area contributed by atoms with Crippen LogP contribution in [0.1, 0.15) is 36.8 Å². The first-order valence-corrected chi connectivity index (χ1v) is 10.2. The average molecular weight is 366 g/mol. The van der Waals surface area contributed by atoms with Gasteiger partial charge in [0.25, 0.3) is 0 Å². The first-order chi connectivity index (χ1) is 13.2. The highest BCUT2D eigenvalue weighted by atomic mass is 16.5. The second kappa shape index (κ2) is 8.41. The minimum Gasteiger partial charge on any atom is -0.497 e. The van der Waals surface area contributed by atoms with E-state index in [1.165, 1.54) is 63.0 Å². The maximum Gasteiger partial charge on any atom is 0.119 e. The van der Waals surface area contributed by atoms with Gasteiger partial charge in [0.05, 0.1) is 7.11 Å². The first-order valence-electron chi connectivity index (χ1n) is 10.2. The van der Waals surface area contributed by atoms with Crippen molar-refractivity contribution >= 4 is 0 Å². The number of likely N-dealkylation sites (tertiary alicyclic amines) is 2. The Labute approximate surface area is 163 Å². The molecule has 1 aromatic carbocycles. The standard InChI is InChI=1S/C23H31N3O/c1-27-22-4-2-3-21(17-22)19-26-15-9-23(10-16-26)7-13-25(14-8-23)18-20-5-11-24-12-6-20/h2-6,11-12,17H,7-10,13-16,18-19H2,1H3. The summed E-state index contributed by atoms with van der Waals surface area (Å²) in [5, 5.41) is 0. The molecule has 0 atom stereocenters. The minimum atomic E-state index is 0.583. The molecule has 0 saturated carbocycles. The van der Waals surface area contributed by atoms with Crippen molar-refractivity contribution in [3.05, 3.63) is 59.9 Å². The van der Waals surface area contributed by atoms with Gasteiger partial charge in [-0.2, -0.15) is 0 Å². The normalized spacial score (nSPS) is 20.6. The molecule has 0 bridgehead atoms. The minimum absolute atomic E-state index is 0.583. The molecule has 3 heterocycles. The number of aromatic nitrogens is 1. The third-order valence-corrected chi connectivity index (χ3v) is 6.53. The summed E-state index contributed by atoms with van der Waals surface area (Å²) in [6.07, 6.45) is 9.20. The largest absolute Gasteiger partial charge is 0.497 e. The summed E-state index contributed by atoms with van der Waals surface area (Å²) in [5.74, 6) is 0.961. The van der Waals surface area contributed by atoms with Crippen LogP contribution in [0, 0.1) is 5.41 Å². The molecule has 0 aliphatic carbocycles. The molecule has 144 valence electrons. The molecule has 0 N–H and O–H groups in total. The van der Waals surface area contributed by atoms with Crippen LogP contribution in [0.15, 0.2) is 48.8 Å². The van der Waals surface area contributed by atoms with E-state index in [1.54, 1.807) is 7.11 Å². The number of piperidine rings is 2. The van der Waals surface area contributed by atoms with Crippen LogP contribution in [0.2, 0.25) is 0 Å². The lowest BCUT2D eigenvalue weighted by Crippen LogP contribution is -2.46. The van der Waals surface area contributed by atoms with Crippen LogP contribution in [0.25, 0.3) is 0 Å². The van der Waals surface area contributed by atoms with Crippen molar-refractivity contribution in [1.82, 2.24) is 14.8 Å². The molecule has 0 amide bonds. The molecular weight excluding hydrogens is 334 g/mol. The molecule has 27 heavy (non-hydrogen) atoms. The molecule has 4 nitrogen and oxygen atoms in total. The third-order valence-electron chi connectivity index (χ3n) is 6.53. The third kappa shape index (κ3) is 4.69. The fourth-order valence-electron chi connectivity index (χ4n) is 4.65. The van der Waals surface area contributed by atoms with Crippen LogP contribution in [0.5, 0.6) is 5.75 Å². The number of rotatable bonds is 5. The predicted molar refractivity (Wildman–Crippen MR) is 109 cm³/mol. The molecule has 2 aromatic rings. The van der Waals surface area contributed by atoms with E-state index in [9.17, 15) is 0 Å². The van der Waals surface area contributed by atoms with Crippen molar-refractivity contribution < 1.29 is 4.74 Å². The van der Waals surface area contributed by atoms with Gasteiger partial charge in [0.2, 0.25) is 0 Å². The van der Waals surface area contributed by atoms with Gasteiger partial charge in [-0.1, -0.05) is 12.1 Å². The molecule has 4 heteroatoms. The molecule has 4 rings (SSSR count). The molecule has 2 fully saturated rings. The summed E-state index contributed by atoms with van der Waals surface area (Å²) in [5.41, 5.74) is 3.33. The second-order valence-corrected chi connectivity index (χ2v) is 8.26. The van der Waals surface area contributed by atoms with Gasteiger partial charge in [-0.05, 0) is 92.7 Å². The van der Waals surface area contributed by atoms with E-state index in [0.717, 1.165) is 18.8 Å². The highest BCUT2D eigenvalue weighted by Gasteiger charge is 2.37. The number of ether oxygens (including phenoxy) is 1. The lowest BCUT2D eigenvalue weighted by Gasteiger charge is -2.47. The van der Waals surface area contributed by atoms with Gasteiger partial charge in [-0.25, -0.2) is 0 Å². The Morgan fingerprint density at radius 2 is 1.44 bits per heavy atom. The fraction of sp³-hybridized carbons (Fsp3) is 0.522. The SMILES string of the molecule is COc1cccc(CN2CCC3(CCN(Cc4ccncc4)CC3)CC2)c1. The second-order valence-electron chi connectivity index (χ2n) is 8.26. The Balaban J connectivity index is 1.25. The van der Waals surface area contributed by atoms with E-state index in [4.69, 9.17) is 4.74 Å². The van der Waals surface area contributed by atoms with Gasteiger partial charge in [0, 0.05) is 25.5 Å². The Kier molecular flexibility index (Phi) is 5.74. The quantitative estimate of drug-likeness (QED) is 0.802. The zero-order valence-corrected chi connectivity index (χ0v) is 16.4. The smallest absolute Gasteiger partial charge is 0.119 e. The maximum absolute atomic E-state index is 5.36. The predicted octanol–water partition coefficient (Wildman–Crippen LogP) is 3.97. The molecule has 1 aromatic heterocycles. The zero-order chi connectivity index (χ0) is 18.5. The molecule has 2 aliphatic heterocycles. The van der Waals surface area contributed by atoms with Crippen LogP contribution < -0.4 is 4.74 Å². The Morgan fingerprint density at radius 3 is 2.04 bits per heavy atom. The Morgan fingerprint density at radius 1 is 0.852 bits per heavy atom. The lowest BCUT2D eigenvalue weighted by molar-refractivity contribution is 0.0299. The summed E-state index contributed by atoms with van der Waals surface area (Å²) in [4.78, 5) is 9.35. The van der Waals surface area contributed by atoms with Crippen molar-refractivity contribution in [1.29, 1.82) is 0 Å². The van der Waals surface area contributed by atoms with E-state index >= 15 is 0 Å². The summed E-state index contributed by atoms with van der Waals surface area (Å²) in [6, 6.07) is 12.8. The first kappa shape index (κ1) is 18.5. The van der Waals surface area contributed by atoms with Crippen LogP contribution in [-0.2, 0) is 13.1 Å². The Bertz CT molecular complexity index is 715. The van der Waals surface area contributed by atoms with E-state index in [2.05, 4.69) is 45.1 Å². The number of pyridine rings is 1. The topological polar surface area (TPSA) is 28.6 Å². The van der Waals surface area contributed by atoms with Crippen molar-refractivity contribution in [2.45, 2.75) is 38.8 Å². The van der Waals surface area contributed by atoms with Gasteiger partial charge in [-0.15, -0.1) is 0 Å². The number of hydrogen-bond donors (Lipinski definition) is 0. The van der Waals surface area contributed by atoms with Crippen molar-refractivity contribution in [2.75, 3.05) is 33.3 Å². The Hall–Kier alpha value is -1.91. The van der Waals surface area contributed by atoms with E-state index in [-0.39, 0.29) is 0 Å². The van der Waals surface area contributed by atoms with E-state index in [1.807, 2.05) is 18.5 Å².